The maximum absolute atomic E-state index is 13.3. The highest BCUT2D eigenvalue weighted by atomic mass is 35.5. The van der Waals surface area contributed by atoms with Crippen LogP contribution in [0.3, 0.4) is 0 Å². The van der Waals surface area contributed by atoms with Gasteiger partial charge in [0, 0.05) is 28.3 Å². The summed E-state index contributed by atoms with van der Waals surface area (Å²) in [6.45, 7) is 1.82. The van der Waals surface area contributed by atoms with Gasteiger partial charge in [0.2, 0.25) is 0 Å². The number of nitrogens with one attached hydrogen (secondary N) is 2. The Bertz CT molecular complexity index is 1560. The Morgan fingerprint density at radius 1 is 0.917 bits per heavy atom. The minimum atomic E-state index is -4.80. The van der Waals surface area contributed by atoms with E-state index >= 15 is 0 Å². The Morgan fingerprint density at radius 2 is 1.67 bits per heavy atom. The van der Waals surface area contributed by atoms with E-state index in [1.807, 2.05) is 42.7 Å². The standard InChI is InChI=1S/C27H17ClF3N3O2/c1-16-9-11-20(14-18(16)12-10-17-13-19-5-2-3-8-23(19)32-15-17)25(35)33-34-26(36)24-21(27(29,30)31)6-4-7-22(24)28/h2-9,11,13-15H,1H3,(H,33,35)(H,34,36). The maximum Gasteiger partial charge on any atom is 0.417 e. The Balaban J connectivity index is 1.51. The number of hydrogen-bond donors (Lipinski definition) is 2. The minimum Gasteiger partial charge on any atom is -0.267 e. The zero-order chi connectivity index (χ0) is 25.9. The van der Waals surface area contributed by atoms with Crippen molar-refractivity contribution in [1.29, 1.82) is 0 Å². The van der Waals surface area contributed by atoms with Crippen molar-refractivity contribution in [2.24, 2.45) is 0 Å². The molecular weight excluding hydrogens is 491 g/mol. The van der Waals surface area contributed by atoms with E-state index in [9.17, 15) is 22.8 Å². The minimum absolute atomic E-state index is 0.150. The number of amides is 2. The molecule has 0 aliphatic rings. The lowest BCUT2D eigenvalue weighted by molar-refractivity contribution is -0.137. The molecule has 0 spiro atoms. The van der Waals surface area contributed by atoms with Crippen molar-refractivity contribution in [3.8, 4) is 11.8 Å². The molecule has 0 radical (unpaired) electrons. The number of halogens is 4. The van der Waals surface area contributed by atoms with Crippen molar-refractivity contribution in [1.82, 2.24) is 15.8 Å². The zero-order valence-electron chi connectivity index (χ0n) is 18.7. The number of fused-ring (bicyclic) bond motifs is 1. The summed E-state index contributed by atoms with van der Waals surface area (Å²) in [5, 5.41) is 0.546. The molecule has 0 bridgehead atoms. The van der Waals surface area contributed by atoms with Crippen LogP contribution in [0.1, 0.15) is 43.0 Å². The third kappa shape index (κ3) is 5.48. The molecular formula is C27H17ClF3N3O2. The molecule has 9 heteroatoms. The summed E-state index contributed by atoms with van der Waals surface area (Å²) in [5.74, 6) is 4.10. The lowest BCUT2D eigenvalue weighted by Gasteiger charge is -2.14. The summed E-state index contributed by atoms with van der Waals surface area (Å²) in [5.41, 5.74) is 5.17. The number of carbonyl (C=O) groups excluding carboxylic acids is 2. The van der Waals surface area contributed by atoms with Crippen LogP contribution in [0.5, 0.6) is 0 Å². The number of hydrazine groups is 1. The Hall–Kier alpha value is -4.35. The molecule has 0 unspecified atom stereocenters. The number of pyridine rings is 1. The van der Waals surface area contributed by atoms with Gasteiger partial charge in [-0.3, -0.25) is 25.4 Å². The van der Waals surface area contributed by atoms with Gasteiger partial charge in [0.05, 0.1) is 21.7 Å². The lowest BCUT2D eigenvalue weighted by atomic mass is 10.0. The number of para-hydroxylation sites is 1. The highest BCUT2D eigenvalue weighted by Gasteiger charge is 2.36. The van der Waals surface area contributed by atoms with Crippen LogP contribution in [0.4, 0.5) is 13.2 Å². The van der Waals surface area contributed by atoms with Gasteiger partial charge in [-0.05, 0) is 48.9 Å². The van der Waals surface area contributed by atoms with Gasteiger partial charge < -0.3 is 0 Å². The van der Waals surface area contributed by atoms with Crippen LogP contribution in [0.2, 0.25) is 5.02 Å². The molecule has 2 N–H and O–H groups in total. The number of benzene rings is 3. The second-order valence-corrected chi connectivity index (χ2v) is 8.17. The topological polar surface area (TPSA) is 71.1 Å². The number of nitrogens with zero attached hydrogens (tertiary/aromatic N) is 1. The predicted molar refractivity (Wildman–Crippen MR) is 130 cm³/mol. The van der Waals surface area contributed by atoms with Crippen molar-refractivity contribution in [3.63, 3.8) is 0 Å². The number of aromatic nitrogens is 1. The predicted octanol–water partition coefficient (Wildman–Crippen LogP) is 5.69. The smallest absolute Gasteiger partial charge is 0.267 e. The molecule has 0 aliphatic heterocycles. The second kappa shape index (κ2) is 10.1. The van der Waals surface area contributed by atoms with Crippen LogP contribution in [0.25, 0.3) is 10.9 Å². The van der Waals surface area contributed by atoms with E-state index in [0.29, 0.717) is 11.1 Å². The van der Waals surface area contributed by atoms with Crippen molar-refractivity contribution in [2.75, 3.05) is 0 Å². The average molecular weight is 508 g/mol. The lowest BCUT2D eigenvalue weighted by Crippen LogP contribution is -2.42. The first kappa shape index (κ1) is 24.8. The van der Waals surface area contributed by atoms with Crippen molar-refractivity contribution in [3.05, 3.63) is 111 Å². The van der Waals surface area contributed by atoms with Crippen molar-refractivity contribution in [2.45, 2.75) is 13.1 Å². The van der Waals surface area contributed by atoms with Crippen LogP contribution in [0.15, 0.2) is 72.9 Å². The molecule has 0 saturated carbocycles. The van der Waals surface area contributed by atoms with Gasteiger partial charge in [0.15, 0.2) is 0 Å². The summed E-state index contributed by atoms with van der Waals surface area (Å²) in [6, 6.07) is 17.2. The maximum atomic E-state index is 13.3. The van der Waals surface area contributed by atoms with E-state index in [1.165, 1.54) is 12.1 Å². The van der Waals surface area contributed by atoms with E-state index in [1.54, 1.807) is 12.3 Å². The van der Waals surface area contributed by atoms with Gasteiger partial charge in [0.1, 0.15) is 0 Å². The highest BCUT2D eigenvalue weighted by Crippen LogP contribution is 2.34. The largest absolute Gasteiger partial charge is 0.417 e. The van der Waals surface area contributed by atoms with E-state index in [2.05, 4.69) is 22.3 Å². The molecule has 3 aromatic carbocycles. The third-order valence-electron chi connectivity index (χ3n) is 5.27. The van der Waals surface area contributed by atoms with E-state index in [4.69, 9.17) is 11.6 Å². The molecule has 1 aromatic heterocycles. The first-order chi connectivity index (χ1) is 17.1. The second-order valence-electron chi connectivity index (χ2n) is 7.76. The van der Waals surface area contributed by atoms with E-state index in [0.717, 1.165) is 34.7 Å². The molecule has 0 saturated heterocycles. The fourth-order valence-electron chi connectivity index (χ4n) is 3.42. The SMILES string of the molecule is Cc1ccc(C(=O)NNC(=O)c2c(Cl)cccc2C(F)(F)F)cc1C#Cc1cnc2ccccc2c1. The molecule has 4 rings (SSSR count). The van der Waals surface area contributed by atoms with E-state index in [-0.39, 0.29) is 5.56 Å². The number of rotatable bonds is 2. The van der Waals surface area contributed by atoms with Gasteiger partial charge in [-0.25, -0.2) is 0 Å². The molecule has 0 aliphatic carbocycles. The number of alkyl halides is 3. The summed E-state index contributed by atoms with van der Waals surface area (Å²) in [6.07, 6.45) is -3.15. The van der Waals surface area contributed by atoms with Gasteiger partial charge in [-0.15, -0.1) is 0 Å². The summed E-state index contributed by atoms with van der Waals surface area (Å²) >= 11 is 5.83. The Kier molecular flexibility index (Phi) is 6.95. The Morgan fingerprint density at radius 3 is 2.44 bits per heavy atom. The number of aryl methyl sites for hydroxylation is 1. The number of hydrogen-bond acceptors (Lipinski definition) is 3. The van der Waals surface area contributed by atoms with Gasteiger partial charge in [0.25, 0.3) is 11.8 Å². The molecule has 180 valence electrons. The molecule has 2 amide bonds. The van der Waals surface area contributed by atoms with Crippen LogP contribution in [0, 0.1) is 18.8 Å². The van der Waals surface area contributed by atoms with Crippen LogP contribution in [-0.2, 0) is 6.18 Å². The molecule has 4 aromatic rings. The molecule has 1 heterocycles. The monoisotopic (exact) mass is 507 g/mol. The first-order valence-electron chi connectivity index (χ1n) is 10.6. The third-order valence-corrected chi connectivity index (χ3v) is 5.58. The zero-order valence-corrected chi connectivity index (χ0v) is 19.5. The summed E-state index contributed by atoms with van der Waals surface area (Å²) < 4.78 is 39.8. The van der Waals surface area contributed by atoms with Gasteiger partial charge in [-0.2, -0.15) is 13.2 Å². The first-order valence-corrected chi connectivity index (χ1v) is 10.9. The molecule has 0 fully saturated rings. The summed E-state index contributed by atoms with van der Waals surface area (Å²) in [4.78, 5) is 29.4. The normalized spacial score (nSPS) is 10.9. The van der Waals surface area contributed by atoms with Crippen LogP contribution in [-0.4, -0.2) is 16.8 Å². The average Bonchev–Trinajstić information content (AvgIpc) is 2.85. The molecule has 36 heavy (non-hydrogen) atoms. The molecule has 0 atom stereocenters. The summed E-state index contributed by atoms with van der Waals surface area (Å²) in [7, 11) is 0. The van der Waals surface area contributed by atoms with Crippen molar-refractivity contribution < 1.29 is 22.8 Å². The Labute approximate surface area is 209 Å². The fraction of sp³-hybridized carbons (Fsp3) is 0.0741. The van der Waals surface area contributed by atoms with E-state index < -0.39 is 34.1 Å². The van der Waals surface area contributed by atoms with Crippen LogP contribution >= 0.6 is 11.6 Å². The number of carbonyl (C=O) groups is 2. The fourth-order valence-corrected chi connectivity index (χ4v) is 3.68. The quantitative estimate of drug-likeness (QED) is 0.270. The van der Waals surface area contributed by atoms with Gasteiger partial charge >= 0.3 is 6.18 Å². The highest BCUT2D eigenvalue weighted by molar-refractivity contribution is 6.34. The molecule has 5 nitrogen and oxygen atoms in total. The van der Waals surface area contributed by atoms with Crippen molar-refractivity contribution >= 4 is 34.3 Å². The van der Waals surface area contributed by atoms with Gasteiger partial charge in [-0.1, -0.05) is 53.8 Å². The van der Waals surface area contributed by atoms with Crippen LogP contribution < -0.4 is 10.9 Å².